The van der Waals surface area contributed by atoms with E-state index in [1.165, 1.54) is 41.7 Å². The van der Waals surface area contributed by atoms with Gasteiger partial charge in [0.15, 0.2) is 6.61 Å². The summed E-state index contributed by atoms with van der Waals surface area (Å²) in [5.41, 5.74) is 1.45. The van der Waals surface area contributed by atoms with Gasteiger partial charge in [-0.3, -0.25) is 18.7 Å². The molecule has 0 aliphatic carbocycles. The van der Waals surface area contributed by atoms with Gasteiger partial charge in [-0.25, -0.2) is 9.78 Å². The minimum atomic E-state index is -3.45. The summed E-state index contributed by atoms with van der Waals surface area (Å²) in [6.45, 7) is 2.08. The normalized spacial score (nSPS) is 14.1. The fourth-order valence-electron chi connectivity index (χ4n) is 4.06. The zero-order valence-corrected chi connectivity index (χ0v) is 22.9. The van der Waals surface area contributed by atoms with Gasteiger partial charge in [0, 0.05) is 22.2 Å². The first-order valence-corrected chi connectivity index (χ1v) is 14.6. The van der Waals surface area contributed by atoms with Crippen LogP contribution >= 0.6 is 21.9 Å². The molecule has 2 heterocycles. The quantitative estimate of drug-likeness (QED) is 0.203. The number of esters is 1. The molecule has 1 aromatic heterocycles. The number of benzene rings is 3. The monoisotopic (exact) mass is 579 g/mol. The van der Waals surface area contributed by atoms with Crippen molar-refractivity contribution >= 4 is 45.4 Å². The number of hydrogen-bond acceptors (Lipinski definition) is 9. The van der Waals surface area contributed by atoms with Gasteiger partial charge in [0.25, 0.3) is 11.8 Å². The van der Waals surface area contributed by atoms with Gasteiger partial charge in [-0.15, -0.1) is 21.9 Å². The fraction of sp³-hybridized carbons (Fsp3) is 0.143. The molecule has 40 heavy (non-hydrogen) atoms. The molecule has 0 unspecified atom stereocenters. The maximum absolute atomic E-state index is 12.9. The van der Waals surface area contributed by atoms with Crippen LogP contribution in [0.25, 0.3) is 10.6 Å². The Kier molecular flexibility index (Phi) is 7.85. The molecule has 1 aliphatic heterocycles. The Balaban J connectivity index is 1.23. The van der Waals surface area contributed by atoms with Gasteiger partial charge in [0.2, 0.25) is 0 Å². The lowest BCUT2D eigenvalue weighted by atomic mass is 10.1. The topological polar surface area (TPSA) is 147 Å². The number of carbonyl (C=O) groups is 3. The van der Waals surface area contributed by atoms with E-state index in [2.05, 4.69) is 15.6 Å². The van der Waals surface area contributed by atoms with Crippen molar-refractivity contribution < 1.29 is 33.0 Å². The SMILES string of the molecule is CCOC(=O)COc1ccc(-c2ncc(CNC(=O)c3ccc4c(c3)NC(=O)c3ccccc3S4(O)O)s2)cc1. The van der Waals surface area contributed by atoms with Crippen LogP contribution in [0, 0.1) is 0 Å². The van der Waals surface area contributed by atoms with Gasteiger partial charge in [0.1, 0.15) is 10.8 Å². The molecule has 0 radical (unpaired) electrons. The van der Waals surface area contributed by atoms with E-state index in [0.717, 1.165) is 15.4 Å². The molecule has 0 atom stereocenters. The highest BCUT2D eigenvalue weighted by Gasteiger charge is 2.31. The van der Waals surface area contributed by atoms with Crippen LogP contribution in [0.1, 0.15) is 32.5 Å². The minimum absolute atomic E-state index is 0.142. The lowest BCUT2D eigenvalue weighted by Crippen LogP contribution is -2.22. The van der Waals surface area contributed by atoms with Crippen LogP contribution in [0.2, 0.25) is 0 Å². The maximum atomic E-state index is 12.9. The Labute approximate surface area is 235 Å². The lowest BCUT2D eigenvalue weighted by Gasteiger charge is -2.33. The summed E-state index contributed by atoms with van der Waals surface area (Å²) in [6, 6.07) is 17.8. The van der Waals surface area contributed by atoms with Crippen LogP contribution in [0.3, 0.4) is 0 Å². The number of aromatic nitrogens is 1. The Hall–Kier alpha value is -4.23. The summed E-state index contributed by atoms with van der Waals surface area (Å²) < 4.78 is 32.2. The van der Waals surface area contributed by atoms with Crippen molar-refractivity contribution in [2.75, 3.05) is 18.5 Å². The molecule has 1 aliphatic rings. The number of thiazole rings is 1. The molecule has 206 valence electrons. The number of amides is 2. The van der Waals surface area contributed by atoms with Crippen LogP contribution in [0.5, 0.6) is 5.75 Å². The third-order valence-corrected chi connectivity index (χ3v) is 8.96. The second kappa shape index (κ2) is 11.5. The third-order valence-electron chi connectivity index (χ3n) is 5.97. The second-order valence-corrected chi connectivity index (χ2v) is 11.7. The third kappa shape index (κ3) is 5.70. The first kappa shape index (κ1) is 27.3. The Bertz CT molecular complexity index is 1590. The summed E-state index contributed by atoms with van der Waals surface area (Å²) in [5.74, 6) is -0.783. The largest absolute Gasteiger partial charge is 0.482 e. The standard InChI is InChI=1S/C28H25N3O7S2/c1-2-37-25(32)16-38-19-10-7-17(8-11-19)28-30-15-20(39-28)14-29-26(33)18-9-12-24-22(13-18)31-27(34)21-5-3-4-6-23(21)40(24,35)36/h3-13,15,35-36H,2,14,16H2,1H3,(H,29,33)(H,31,34). The first-order chi connectivity index (χ1) is 19.3. The van der Waals surface area contributed by atoms with Gasteiger partial charge >= 0.3 is 5.97 Å². The average Bonchev–Trinajstić information content (AvgIpc) is 3.41. The van der Waals surface area contributed by atoms with Crippen LogP contribution in [0.4, 0.5) is 5.69 Å². The fourth-order valence-corrected chi connectivity index (χ4v) is 6.56. The van der Waals surface area contributed by atoms with E-state index in [4.69, 9.17) is 9.47 Å². The van der Waals surface area contributed by atoms with E-state index in [1.807, 2.05) is 12.1 Å². The number of ether oxygens (including phenoxy) is 2. The zero-order valence-electron chi connectivity index (χ0n) is 21.2. The number of fused-ring (bicyclic) bond motifs is 2. The number of nitrogens with one attached hydrogen (secondary N) is 2. The van der Waals surface area contributed by atoms with Gasteiger partial charge in [-0.05, 0) is 61.5 Å². The first-order valence-electron chi connectivity index (χ1n) is 12.2. The summed E-state index contributed by atoms with van der Waals surface area (Å²) >= 11 is 1.41. The molecule has 12 heteroatoms. The summed E-state index contributed by atoms with van der Waals surface area (Å²) in [5, 5.41) is 6.27. The molecule has 2 amide bonds. The van der Waals surface area contributed by atoms with Gasteiger partial charge in [0.05, 0.1) is 34.2 Å². The number of carbonyl (C=O) groups excluding carboxylic acids is 3. The van der Waals surface area contributed by atoms with Crippen molar-refractivity contribution in [2.24, 2.45) is 0 Å². The number of nitrogens with zero attached hydrogens (tertiary/aromatic N) is 1. The van der Waals surface area contributed by atoms with Crippen molar-refractivity contribution in [3.8, 4) is 16.3 Å². The number of anilines is 1. The van der Waals surface area contributed by atoms with Crippen molar-refractivity contribution in [1.29, 1.82) is 0 Å². The van der Waals surface area contributed by atoms with Crippen LogP contribution < -0.4 is 15.4 Å². The molecular weight excluding hydrogens is 554 g/mol. The summed E-state index contributed by atoms with van der Waals surface area (Å²) in [7, 11) is -3.45. The van der Waals surface area contributed by atoms with Crippen molar-refractivity contribution in [3.05, 3.63) is 88.9 Å². The van der Waals surface area contributed by atoms with Crippen molar-refractivity contribution in [3.63, 3.8) is 0 Å². The van der Waals surface area contributed by atoms with Crippen LogP contribution in [-0.2, 0) is 16.1 Å². The molecule has 0 saturated carbocycles. The molecule has 0 fully saturated rings. The molecule has 0 saturated heterocycles. The van der Waals surface area contributed by atoms with Gasteiger partial charge < -0.3 is 20.1 Å². The zero-order chi connectivity index (χ0) is 28.3. The number of hydrogen-bond donors (Lipinski definition) is 4. The van der Waals surface area contributed by atoms with E-state index in [9.17, 15) is 23.5 Å². The molecule has 3 aromatic carbocycles. The maximum Gasteiger partial charge on any atom is 0.344 e. The molecule has 4 aromatic rings. The minimum Gasteiger partial charge on any atom is -0.482 e. The molecular formula is C28H25N3O7S2. The number of rotatable bonds is 8. The van der Waals surface area contributed by atoms with E-state index in [1.54, 1.807) is 37.4 Å². The second-order valence-electron chi connectivity index (χ2n) is 8.64. The molecule has 5 rings (SSSR count). The lowest BCUT2D eigenvalue weighted by molar-refractivity contribution is -0.145. The molecule has 10 nitrogen and oxygen atoms in total. The highest BCUT2D eigenvalue weighted by atomic mass is 32.3. The van der Waals surface area contributed by atoms with Gasteiger partial charge in [-0.1, -0.05) is 12.1 Å². The van der Waals surface area contributed by atoms with Gasteiger partial charge in [-0.2, -0.15) is 0 Å². The predicted octanol–water partition coefficient (Wildman–Crippen LogP) is 5.42. The Morgan fingerprint density at radius 3 is 2.60 bits per heavy atom. The molecule has 0 bridgehead atoms. The predicted molar refractivity (Wildman–Crippen MR) is 151 cm³/mol. The van der Waals surface area contributed by atoms with E-state index in [-0.39, 0.29) is 39.8 Å². The Morgan fingerprint density at radius 2 is 1.82 bits per heavy atom. The highest BCUT2D eigenvalue weighted by molar-refractivity contribution is 8.24. The van der Waals surface area contributed by atoms with E-state index < -0.39 is 28.4 Å². The Morgan fingerprint density at radius 1 is 1.05 bits per heavy atom. The summed E-state index contributed by atoms with van der Waals surface area (Å²) in [6.07, 6.45) is 1.68. The van der Waals surface area contributed by atoms with Crippen molar-refractivity contribution in [1.82, 2.24) is 10.3 Å². The van der Waals surface area contributed by atoms with Crippen LogP contribution in [-0.4, -0.2) is 45.1 Å². The van der Waals surface area contributed by atoms with Crippen molar-refractivity contribution in [2.45, 2.75) is 23.3 Å². The smallest absolute Gasteiger partial charge is 0.344 e. The van der Waals surface area contributed by atoms with E-state index in [0.29, 0.717) is 12.4 Å². The molecule has 0 spiro atoms. The molecule has 4 N–H and O–H groups in total. The van der Waals surface area contributed by atoms with Crippen LogP contribution in [0.15, 0.2) is 82.7 Å². The average molecular weight is 580 g/mol. The van der Waals surface area contributed by atoms with E-state index >= 15 is 0 Å². The highest BCUT2D eigenvalue weighted by Crippen LogP contribution is 2.60. The summed E-state index contributed by atoms with van der Waals surface area (Å²) in [4.78, 5) is 42.6.